The maximum Gasteiger partial charge on any atom is 0.209 e. The van der Waals surface area contributed by atoms with Gasteiger partial charge < -0.3 is 4.90 Å². The molecule has 1 saturated heterocycles. The van der Waals surface area contributed by atoms with Gasteiger partial charge in [-0.3, -0.25) is 4.79 Å². The lowest BCUT2D eigenvalue weighted by Crippen LogP contribution is -2.42. The molecule has 1 fully saturated rings. The van der Waals surface area contributed by atoms with Gasteiger partial charge in [-0.25, -0.2) is 8.78 Å². The van der Waals surface area contributed by atoms with Crippen LogP contribution in [0.4, 0.5) is 8.78 Å². The molecule has 64 valence electrons. The summed E-state index contributed by atoms with van der Waals surface area (Å²) < 4.78 is 25.1. The van der Waals surface area contributed by atoms with E-state index in [0.29, 0.717) is 19.5 Å². The Hall–Kier alpha value is -0.670. The Bertz CT molecular complexity index is 143. The van der Waals surface area contributed by atoms with Gasteiger partial charge in [0.2, 0.25) is 6.41 Å². The largest absolute Gasteiger partial charge is 0.345 e. The van der Waals surface area contributed by atoms with E-state index in [2.05, 4.69) is 0 Å². The number of nitrogens with zero attached hydrogens (tertiary/aromatic N) is 1. The predicted molar refractivity (Wildman–Crippen MR) is 36.7 cm³/mol. The van der Waals surface area contributed by atoms with E-state index in [9.17, 15) is 13.6 Å². The topological polar surface area (TPSA) is 20.3 Å². The van der Waals surface area contributed by atoms with Gasteiger partial charge in [-0.15, -0.1) is 0 Å². The predicted octanol–water partition coefficient (Wildman–Crippen LogP) is 0.916. The summed E-state index contributed by atoms with van der Waals surface area (Å²) in [5.74, 6) is 0. The first kappa shape index (κ1) is 8.43. The first-order valence-electron chi connectivity index (χ1n) is 3.64. The fraction of sp³-hybridized carbons (Fsp3) is 0.857. The van der Waals surface area contributed by atoms with Crippen LogP contribution in [0.25, 0.3) is 0 Å². The second kappa shape index (κ2) is 3.15. The molecule has 0 unspecified atom stereocenters. The first-order chi connectivity index (χ1) is 5.20. The summed E-state index contributed by atoms with van der Waals surface area (Å²) in [6, 6.07) is 0. The lowest BCUT2D eigenvalue weighted by molar-refractivity contribution is -0.120. The summed E-state index contributed by atoms with van der Waals surface area (Å²) in [7, 11) is 0. The van der Waals surface area contributed by atoms with Crippen LogP contribution in [0.15, 0.2) is 0 Å². The molecule has 1 aliphatic heterocycles. The maximum absolute atomic E-state index is 13.1. The quantitative estimate of drug-likeness (QED) is 0.554. The van der Waals surface area contributed by atoms with Crippen LogP contribution in [0.5, 0.6) is 0 Å². The molecule has 1 amide bonds. The zero-order chi connectivity index (χ0) is 8.32. The van der Waals surface area contributed by atoms with Crippen LogP contribution in [-0.4, -0.2) is 36.7 Å². The van der Waals surface area contributed by atoms with Crippen molar-refractivity contribution in [3.05, 3.63) is 0 Å². The summed E-state index contributed by atoms with van der Waals surface area (Å²) >= 11 is 0. The van der Waals surface area contributed by atoms with Crippen molar-refractivity contribution < 1.29 is 13.6 Å². The Labute approximate surface area is 64.2 Å². The number of hydrogen-bond donors (Lipinski definition) is 0. The molecular weight excluding hydrogens is 152 g/mol. The molecule has 1 heterocycles. The van der Waals surface area contributed by atoms with Gasteiger partial charge in [0.05, 0.1) is 0 Å². The second-order valence-electron chi connectivity index (χ2n) is 2.93. The van der Waals surface area contributed by atoms with Crippen molar-refractivity contribution >= 4 is 6.41 Å². The van der Waals surface area contributed by atoms with Crippen LogP contribution in [0.3, 0.4) is 0 Å². The van der Waals surface area contributed by atoms with Crippen molar-refractivity contribution in [2.24, 2.45) is 0 Å². The fourth-order valence-corrected chi connectivity index (χ4v) is 1.16. The second-order valence-corrected chi connectivity index (χ2v) is 2.93. The van der Waals surface area contributed by atoms with E-state index in [-0.39, 0.29) is 12.8 Å². The molecule has 0 aromatic rings. The number of halogens is 2. The maximum atomic E-state index is 13.1. The molecule has 0 radical (unpaired) electrons. The van der Waals surface area contributed by atoms with Gasteiger partial charge in [-0.2, -0.15) is 0 Å². The molecule has 1 rings (SSSR count). The monoisotopic (exact) mass is 163 g/mol. The minimum absolute atomic E-state index is 0.127. The highest BCUT2D eigenvalue weighted by Crippen LogP contribution is 2.25. The third-order valence-electron chi connectivity index (χ3n) is 2.08. The first-order valence-corrected chi connectivity index (χ1v) is 3.64. The third kappa shape index (κ3) is 1.88. The summed E-state index contributed by atoms with van der Waals surface area (Å²) in [5.41, 5.74) is -1.67. The Morgan fingerprint density at radius 2 is 2.00 bits per heavy atom. The van der Waals surface area contributed by atoms with Crippen LogP contribution < -0.4 is 0 Å². The highest BCUT2D eigenvalue weighted by atomic mass is 19.2. The Kier molecular flexibility index (Phi) is 2.42. The number of alkyl halides is 2. The zero-order valence-electron chi connectivity index (χ0n) is 6.22. The molecule has 0 aromatic carbocycles. The van der Waals surface area contributed by atoms with Crippen molar-refractivity contribution in [3.63, 3.8) is 0 Å². The summed E-state index contributed by atoms with van der Waals surface area (Å²) in [5, 5.41) is 0. The Morgan fingerprint density at radius 1 is 1.45 bits per heavy atom. The standard InChI is InChI=1S/C7H11F2NO/c8-5-7(9)1-3-10(6-11)4-2-7/h6H,1-5H2. The van der Waals surface area contributed by atoms with Crippen LogP contribution in [0.1, 0.15) is 12.8 Å². The zero-order valence-corrected chi connectivity index (χ0v) is 6.22. The minimum Gasteiger partial charge on any atom is -0.345 e. The van der Waals surface area contributed by atoms with Crippen LogP contribution in [0.2, 0.25) is 0 Å². The van der Waals surface area contributed by atoms with Crippen molar-refractivity contribution in [1.29, 1.82) is 0 Å². The number of carbonyl (C=O) groups is 1. The van der Waals surface area contributed by atoms with E-state index >= 15 is 0 Å². The van der Waals surface area contributed by atoms with Crippen molar-refractivity contribution in [2.45, 2.75) is 18.5 Å². The average Bonchev–Trinajstić information content (AvgIpc) is 2.06. The lowest BCUT2D eigenvalue weighted by atomic mass is 9.95. The van der Waals surface area contributed by atoms with E-state index < -0.39 is 12.3 Å². The highest BCUT2D eigenvalue weighted by Gasteiger charge is 2.33. The molecule has 0 aromatic heterocycles. The van der Waals surface area contributed by atoms with Crippen molar-refractivity contribution in [1.82, 2.24) is 4.90 Å². The molecule has 0 saturated carbocycles. The van der Waals surface area contributed by atoms with E-state index in [1.54, 1.807) is 0 Å². The van der Waals surface area contributed by atoms with E-state index in [0.717, 1.165) is 0 Å². The number of rotatable bonds is 2. The molecule has 0 spiro atoms. The van der Waals surface area contributed by atoms with Gasteiger partial charge in [0.15, 0.2) is 0 Å². The van der Waals surface area contributed by atoms with E-state index in [1.807, 2.05) is 0 Å². The lowest BCUT2D eigenvalue weighted by Gasteiger charge is -2.32. The van der Waals surface area contributed by atoms with Gasteiger partial charge in [0.1, 0.15) is 12.3 Å². The smallest absolute Gasteiger partial charge is 0.209 e. The fourth-order valence-electron chi connectivity index (χ4n) is 1.16. The SMILES string of the molecule is O=CN1CCC(F)(CF)CC1. The summed E-state index contributed by atoms with van der Waals surface area (Å²) in [6.45, 7) is -0.256. The van der Waals surface area contributed by atoms with Gasteiger partial charge in [-0.1, -0.05) is 0 Å². The molecule has 4 heteroatoms. The Morgan fingerprint density at radius 3 is 2.36 bits per heavy atom. The van der Waals surface area contributed by atoms with Gasteiger partial charge in [-0.05, 0) is 0 Å². The minimum atomic E-state index is -1.67. The number of carbonyl (C=O) groups excluding carboxylic acids is 1. The molecule has 2 nitrogen and oxygen atoms in total. The molecule has 11 heavy (non-hydrogen) atoms. The number of likely N-dealkylation sites (tertiary alicyclic amines) is 1. The molecule has 0 atom stereocenters. The van der Waals surface area contributed by atoms with Gasteiger partial charge in [0.25, 0.3) is 0 Å². The molecule has 0 aliphatic carbocycles. The normalized spacial score (nSPS) is 23.3. The van der Waals surface area contributed by atoms with E-state index in [1.165, 1.54) is 4.90 Å². The average molecular weight is 163 g/mol. The third-order valence-corrected chi connectivity index (χ3v) is 2.08. The van der Waals surface area contributed by atoms with Crippen molar-refractivity contribution in [3.8, 4) is 0 Å². The van der Waals surface area contributed by atoms with Crippen LogP contribution in [0, 0.1) is 0 Å². The van der Waals surface area contributed by atoms with Crippen LogP contribution >= 0.6 is 0 Å². The molecular formula is C7H11F2NO. The van der Waals surface area contributed by atoms with Crippen LogP contribution in [-0.2, 0) is 4.79 Å². The number of amides is 1. The number of piperidine rings is 1. The Balaban J connectivity index is 2.40. The van der Waals surface area contributed by atoms with Crippen molar-refractivity contribution in [2.75, 3.05) is 19.8 Å². The summed E-state index contributed by atoms with van der Waals surface area (Å²) in [4.78, 5) is 11.6. The van der Waals surface area contributed by atoms with E-state index in [4.69, 9.17) is 0 Å². The highest BCUT2D eigenvalue weighted by molar-refractivity contribution is 5.47. The molecule has 1 aliphatic rings. The van der Waals surface area contributed by atoms with Gasteiger partial charge >= 0.3 is 0 Å². The molecule has 0 bridgehead atoms. The van der Waals surface area contributed by atoms with Gasteiger partial charge in [0, 0.05) is 25.9 Å². The number of hydrogen-bond acceptors (Lipinski definition) is 1. The summed E-state index contributed by atoms with van der Waals surface area (Å²) in [6.07, 6.45) is 0.933. The molecule has 0 N–H and O–H groups in total.